The van der Waals surface area contributed by atoms with Crippen LogP contribution in [-0.4, -0.2) is 16.4 Å². The van der Waals surface area contributed by atoms with Crippen LogP contribution in [-0.2, 0) is 4.79 Å². The number of carbonyl (C=O) groups excluding carboxylic acids is 1. The van der Waals surface area contributed by atoms with E-state index in [0.717, 1.165) is 0 Å². The van der Waals surface area contributed by atoms with Crippen LogP contribution in [0.25, 0.3) is 0 Å². The van der Waals surface area contributed by atoms with E-state index in [2.05, 4.69) is 63.7 Å². The summed E-state index contributed by atoms with van der Waals surface area (Å²) in [7, 11) is 0. The summed E-state index contributed by atoms with van der Waals surface area (Å²) in [5, 5.41) is 0.512. The second-order valence-electron chi connectivity index (χ2n) is 5.15. The van der Waals surface area contributed by atoms with E-state index in [9.17, 15) is 13.6 Å². The molecule has 2 aromatic carbocycles. The fourth-order valence-corrected chi connectivity index (χ4v) is 4.44. The van der Waals surface area contributed by atoms with Crippen LogP contribution in [0.1, 0.15) is 23.0 Å². The van der Waals surface area contributed by atoms with E-state index in [4.69, 9.17) is 0 Å². The van der Waals surface area contributed by atoms with Gasteiger partial charge < -0.3 is 0 Å². The van der Waals surface area contributed by atoms with E-state index in [-0.39, 0.29) is 16.4 Å². The van der Waals surface area contributed by atoms with E-state index in [1.807, 2.05) is 0 Å². The van der Waals surface area contributed by atoms with Crippen molar-refractivity contribution in [3.8, 4) is 0 Å². The van der Waals surface area contributed by atoms with Crippen LogP contribution in [0.3, 0.4) is 0 Å². The third-order valence-corrected chi connectivity index (χ3v) is 5.95. The minimum Gasteiger partial charge on any atom is -0.298 e. The zero-order chi connectivity index (χ0) is 17.9. The van der Waals surface area contributed by atoms with E-state index < -0.39 is 23.5 Å². The summed E-state index contributed by atoms with van der Waals surface area (Å²) in [5.74, 6) is -2.59. The Balaban J connectivity index is 2.41. The third-order valence-electron chi connectivity index (χ3n) is 3.67. The number of ketones is 1. The number of rotatable bonds is 6. The molecule has 0 aliphatic rings. The van der Waals surface area contributed by atoms with Gasteiger partial charge >= 0.3 is 0 Å². The van der Waals surface area contributed by atoms with Gasteiger partial charge in [0, 0.05) is 19.6 Å². The van der Waals surface area contributed by atoms with Crippen molar-refractivity contribution in [1.29, 1.82) is 0 Å². The second-order valence-corrected chi connectivity index (χ2v) is 8.27. The number of Topliss-reactive ketones (excluding diaryl/α,β-unsaturated/α-hetero) is 1. The molecule has 0 saturated heterocycles. The van der Waals surface area contributed by atoms with E-state index >= 15 is 0 Å². The molecule has 2 aromatic rings. The van der Waals surface area contributed by atoms with Crippen LogP contribution >= 0.6 is 63.7 Å². The number of hydrogen-bond acceptors (Lipinski definition) is 1. The zero-order valence-corrected chi connectivity index (χ0v) is 18.6. The van der Waals surface area contributed by atoms with Gasteiger partial charge in [-0.3, -0.25) is 4.79 Å². The average molecular weight is 590 g/mol. The molecule has 24 heavy (non-hydrogen) atoms. The van der Waals surface area contributed by atoms with Gasteiger partial charge in [0.25, 0.3) is 0 Å². The molecule has 7 heteroatoms. The van der Waals surface area contributed by atoms with Crippen LogP contribution in [0.15, 0.2) is 45.3 Å². The van der Waals surface area contributed by atoms with Gasteiger partial charge in [-0.25, -0.2) is 8.78 Å². The minimum atomic E-state index is -0.705. The summed E-state index contributed by atoms with van der Waals surface area (Å²) in [5.41, 5.74) is 0.590. The zero-order valence-electron chi connectivity index (χ0n) is 12.2. The summed E-state index contributed by atoms with van der Waals surface area (Å²) < 4.78 is 29.7. The molecule has 0 bridgehead atoms. The molecule has 0 radical (unpaired) electrons. The lowest BCUT2D eigenvalue weighted by molar-refractivity contribution is -0.121. The first kappa shape index (κ1) is 20.2. The van der Waals surface area contributed by atoms with Crippen molar-refractivity contribution in [3.05, 3.63) is 68.1 Å². The summed E-state index contributed by atoms with van der Waals surface area (Å²) in [6.07, 6.45) is 0. The molecular weight excluding hydrogens is 578 g/mol. The van der Waals surface area contributed by atoms with Crippen LogP contribution in [0.5, 0.6) is 0 Å². The highest BCUT2D eigenvalue weighted by atomic mass is 79.9. The number of alkyl halides is 2. The molecule has 0 aromatic heterocycles. The van der Waals surface area contributed by atoms with Gasteiger partial charge in [0.05, 0.1) is 11.8 Å². The van der Waals surface area contributed by atoms with Gasteiger partial charge in [0.15, 0.2) is 0 Å². The normalized spacial score (nSPS) is 13.6. The van der Waals surface area contributed by atoms with Gasteiger partial charge in [-0.1, -0.05) is 75.9 Å². The molecule has 1 nitrogen and oxygen atoms in total. The molecule has 0 saturated carbocycles. The first-order chi connectivity index (χ1) is 11.4. The topological polar surface area (TPSA) is 17.1 Å². The number of benzene rings is 2. The predicted octanol–water partition coefficient (Wildman–Crippen LogP) is 6.72. The first-order valence-corrected chi connectivity index (χ1v) is 10.8. The molecule has 0 aliphatic carbocycles. The lowest BCUT2D eigenvalue weighted by Gasteiger charge is -2.21. The Morgan fingerprint density at radius 1 is 0.833 bits per heavy atom. The Bertz CT molecular complexity index is 690. The molecule has 128 valence electrons. The van der Waals surface area contributed by atoms with Crippen LogP contribution in [0, 0.1) is 11.6 Å². The molecule has 0 aliphatic heterocycles. The average Bonchev–Trinajstić information content (AvgIpc) is 2.52. The molecule has 2 unspecified atom stereocenters. The smallest absolute Gasteiger partial charge is 0.149 e. The quantitative estimate of drug-likeness (QED) is 0.342. The van der Waals surface area contributed by atoms with Crippen LogP contribution in [0.4, 0.5) is 8.78 Å². The predicted molar refractivity (Wildman–Crippen MR) is 106 cm³/mol. The van der Waals surface area contributed by atoms with Crippen molar-refractivity contribution in [3.63, 3.8) is 0 Å². The Kier molecular flexibility index (Phi) is 7.59. The highest BCUT2D eigenvalue weighted by Gasteiger charge is 2.31. The van der Waals surface area contributed by atoms with E-state index in [0.29, 0.717) is 20.1 Å². The Hall–Kier alpha value is -0.110. The SMILES string of the molecule is O=C(C(CBr)c1ccc(Br)cc1F)C(CBr)c1ccc(Br)cc1F. The Labute approximate surface area is 172 Å². The van der Waals surface area contributed by atoms with Crippen molar-refractivity contribution in [2.24, 2.45) is 0 Å². The van der Waals surface area contributed by atoms with Crippen molar-refractivity contribution >= 4 is 69.5 Å². The molecular formula is C17H12Br4F2O. The maximum atomic E-state index is 14.3. The molecule has 0 spiro atoms. The number of halogens is 6. The van der Waals surface area contributed by atoms with Crippen LogP contribution < -0.4 is 0 Å². The molecule has 0 heterocycles. The largest absolute Gasteiger partial charge is 0.298 e. The summed E-state index contributed by atoms with van der Waals surface area (Å²) >= 11 is 13.0. The van der Waals surface area contributed by atoms with Gasteiger partial charge in [-0.2, -0.15) is 0 Å². The minimum absolute atomic E-state index is 0.244. The van der Waals surface area contributed by atoms with E-state index in [1.54, 1.807) is 24.3 Å². The summed E-state index contributed by atoms with van der Waals surface area (Å²) in [6.45, 7) is 0. The lowest BCUT2D eigenvalue weighted by Crippen LogP contribution is -2.24. The summed E-state index contributed by atoms with van der Waals surface area (Å²) in [6, 6.07) is 9.16. The monoisotopic (exact) mass is 586 g/mol. The molecule has 2 rings (SSSR count). The molecule has 2 atom stereocenters. The van der Waals surface area contributed by atoms with Gasteiger partial charge in [0.2, 0.25) is 0 Å². The first-order valence-electron chi connectivity index (χ1n) is 6.94. The Morgan fingerprint density at radius 3 is 1.50 bits per heavy atom. The lowest BCUT2D eigenvalue weighted by atomic mass is 9.85. The van der Waals surface area contributed by atoms with E-state index in [1.165, 1.54) is 12.1 Å². The van der Waals surface area contributed by atoms with Gasteiger partial charge in [0.1, 0.15) is 17.4 Å². The van der Waals surface area contributed by atoms with Crippen molar-refractivity contribution in [1.82, 2.24) is 0 Å². The molecule has 0 N–H and O–H groups in total. The maximum Gasteiger partial charge on any atom is 0.149 e. The van der Waals surface area contributed by atoms with Gasteiger partial charge in [-0.15, -0.1) is 0 Å². The maximum absolute atomic E-state index is 14.3. The van der Waals surface area contributed by atoms with Crippen molar-refractivity contribution in [2.75, 3.05) is 10.7 Å². The highest BCUT2D eigenvalue weighted by Crippen LogP contribution is 2.33. The molecule has 0 fully saturated rings. The fraction of sp³-hybridized carbons (Fsp3) is 0.235. The Morgan fingerprint density at radius 2 is 1.21 bits per heavy atom. The highest BCUT2D eigenvalue weighted by molar-refractivity contribution is 9.11. The number of hydrogen-bond donors (Lipinski definition) is 0. The van der Waals surface area contributed by atoms with Crippen molar-refractivity contribution < 1.29 is 13.6 Å². The summed E-state index contributed by atoms with van der Waals surface area (Å²) in [4.78, 5) is 13.0. The fourth-order valence-electron chi connectivity index (χ4n) is 2.44. The number of carbonyl (C=O) groups is 1. The molecule has 0 amide bonds. The standard InChI is InChI=1S/C17H12Br4F2O/c18-7-13(11-3-1-9(20)5-15(11)22)17(24)14(8-19)12-4-2-10(21)6-16(12)23/h1-6,13-14H,7-8H2. The van der Waals surface area contributed by atoms with Crippen LogP contribution in [0.2, 0.25) is 0 Å². The second kappa shape index (κ2) is 9.01. The van der Waals surface area contributed by atoms with Crippen molar-refractivity contribution in [2.45, 2.75) is 11.8 Å². The van der Waals surface area contributed by atoms with Gasteiger partial charge in [-0.05, 0) is 35.4 Å². The third kappa shape index (κ3) is 4.54.